The molecule has 7 heteroatoms. The molecule has 0 saturated carbocycles. The minimum atomic E-state index is -1.32. The second kappa shape index (κ2) is 19.1. The molecular formula is C25H51NO6. The number of aliphatic hydroxyl groups is 3. The third-order valence-electron chi connectivity index (χ3n) is 6.34. The van der Waals surface area contributed by atoms with Crippen LogP contribution in [0.3, 0.4) is 0 Å². The van der Waals surface area contributed by atoms with Crippen LogP contribution in [0.4, 0.5) is 0 Å². The molecule has 1 heterocycles. The van der Waals surface area contributed by atoms with E-state index >= 15 is 0 Å². The van der Waals surface area contributed by atoms with Gasteiger partial charge in [0, 0.05) is 13.2 Å². The van der Waals surface area contributed by atoms with Crippen LogP contribution >= 0.6 is 0 Å². The first-order chi connectivity index (χ1) is 15.5. The van der Waals surface area contributed by atoms with Gasteiger partial charge in [-0.2, -0.15) is 0 Å². The Morgan fingerprint density at radius 3 is 1.75 bits per heavy atom. The summed E-state index contributed by atoms with van der Waals surface area (Å²) in [5.41, 5.74) is 5.74. The molecule has 0 radical (unpaired) electrons. The molecule has 7 nitrogen and oxygen atoms in total. The van der Waals surface area contributed by atoms with Gasteiger partial charge in [-0.3, -0.25) is 0 Å². The lowest BCUT2D eigenvalue weighted by molar-refractivity contribution is -0.305. The minimum Gasteiger partial charge on any atom is -0.388 e. The van der Waals surface area contributed by atoms with Gasteiger partial charge >= 0.3 is 0 Å². The Bertz CT molecular complexity index is 427. The molecule has 1 saturated heterocycles. The highest BCUT2D eigenvalue weighted by Gasteiger charge is 2.43. The molecule has 1 fully saturated rings. The van der Waals surface area contributed by atoms with Crippen LogP contribution in [0, 0.1) is 0 Å². The molecule has 0 aromatic heterocycles. The smallest absolute Gasteiger partial charge is 0.187 e. The fourth-order valence-electron chi connectivity index (χ4n) is 4.09. The Kier molecular flexibility index (Phi) is 17.7. The Morgan fingerprint density at radius 1 is 0.750 bits per heavy atom. The van der Waals surface area contributed by atoms with Crippen molar-refractivity contribution in [3.8, 4) is 0 Å². The zero-order valence-corrected chi connectivity index (χ0v) is 20.6. The lowest BCUT2D eigenvalue weighted by Crippen LogP contribution is -2.58. The van der Waals surface area contributed by atoms with E-state index in [0.717, 1.165) is 12.8 Å². The predicted molar refractivity (Wildman–Crippen MR) is 127 cm³/mol. The second-order valence-electron chi connectivity index (χ2n) is 9.35. The quantitative estimate of drug-likeness (QED) is 0.205. The molecule has 0 aliphatic carbocycles. The van der Waals surface area contributed by atoms with E-state index in [-0.39, 0.29) is 6.54 Å². The Balaban J connectivity index is 1.94. The Hall–Kier alpha value is -0.280. The molecule has 5 N–H and O–H groups in total. The topological polar surface area (TPSA) is 114 Å². The number of aliphatic hydroxyl groups excluding tert-OH is 3. The summed E-state index contributed by atoms with van der Waals surface area (Å²) in [6.07, 6.45) is 12.7. The molecule has 0 spiro atoms. The van der Waals surface area contributed by atoms with E-state index in [1.54, 1.807) is 6.92 Å². The summed E-state index contributed by atoms with van der Waals surface area (Å²) in [6.45, 7) is 5.08. The monoisotopic (exact) mass is 461 g/mol. The van der Waals surface area contributed by atoms with E-state index in [9.17, 15) is 15.3 Å². The van der Waals surface area contributed by atoms with E-state index < -0.39 is 36.8 Å². The van der Waals surface area contributed by atoms with Crippen LogP contribution in [-0.2, 0) is 14.2 Å². The molecule has 1 aliphatic rings. The zero-order chi connectivity index (χ0) is 23.6. The van der Waals surface area contributed by atoms with Crippen molar-refractivity contribution in [3.63, 3.8) is 0 Å². The number of hydrogen-bond donors (Lipinski definition) is 4. The maximum atomic E-state index is 10.0. The van der Waals surface area contributed by atoms with Gasteiger partial charge < -0.3 is 35.3 Å². The summed E-state index contributed by atoms with van der Waals surface area (Å²) in [5, 5.41) is 29.7. The normalized spacial score (nSPS) is 27.0. The molecule has 0 amide bonds. The zero-order valence-electron chi connectivity index (χ0n) is 20.6. The van der Waals surface area contributed by atoms with E-state index in [4.69, 9.17) is 19.9 Å². The van der Waals surface area contributed by atoms with Gasteiger partial charge in [-0.1, -0.05) is 90.4 Å². The molecule has 1 rings (SSSR count). The predicted octanol–water partition coefficient (Wildman–Crippen LogP) is 3.66. The molecule has 6 atom stereocenters. The number of ether oxygens (including phenoxy) is 3. The first-order valence-corrected chi connectivity index (χ1v) is 13.1. The van der Waals surface area contributed by atoms with Crippen molar-refractivity contribution < 1.29 is 29.5 Å². The highest BCUT2D eigenvalue weighted by Crippen LogP contribution is 2.22. The van der Waals surface area contributed by atoms with Crippen LogP contribution in [0.1, 0.15) is 104 Å². The highest BCUT2D eigenvalue weighted by molar-refractivity contribution is 4.87. The van der Waals surface area contributed by atoms with Gasteiger partial charge in [-0.25, -0.2) is 0 Å². The average molecular weight is 462 g/mol. The molecule has 0 aromatic rings. The van der Waals surface area contributed by atoms with Crippen molar-refractivity contribution in [1.82, 2.24) is 0 Å². The summed E-state index contributed by atoms with van der Waals surface area (Å²) < 4.78 is 16.8. The number of nitrogens with two attached hydrogens (primary N) is 1. The van der Waals surface area contributed by atoms with Crippen LogP contribution in [0.15, 0.2) is 0 Å². The van der Waals surface area contributed by atoms with Gasteiger partial charge in [0.05, 0.1) is 18.8 Å². The van der Waals surface area contributed by atoms with Gasteiger partial charge in [0.1, 0.15) is 18.3 Å². The second-order valence-corrected chi connectivity index (χ2v) is 9.35. The van der Waals surface area contributed by atoms with Gasteiger partial charge in [0.25, 0.3) is 0 Å². The van der Waals surface area contributed by atoms with E-state index in [2.05, 4.69) is 6.92 Å². The SMILES string of the molecule is CCCCCCCCCCCCCCCCOC[C@H](CN)O[C@@H]1O[C@@H](C)[C@H](O)[C@@H](O)[C@H]1O. The van der Waals surface area contributed by atoms with Crippen molar-refractivity contribution in [2.45, 2.75) is 141 Å². The molecule has 0 unspecified atom stereocenters. The fraction of sp³-hybridized carbons (Fsp3) is 1.00. The van der Waals surface area contributed by atoms with Gasteiger partial charge in [0.2, 0.25) is 0 Å². The van der Waals surface area contributed by atoms with Crippen LogP contribution in [0.5, 0.6) is 0 Å². The Morgan fingerprint density at radius 2 is 1.25 bits per heavy atom. The van der Waals surface area contributed by atoms with Crippen molar-refractivity contribution in [3.05, 3.63) is 0 Å². The van der Waals surface area contributed by atoms with Crippen molar-refractivity contribution in [1.29, 1.82) is 0 Å². The van der Waals surface area contributed by atoms with Gasteiger partial charge in [-0.05, 0) is 13.3 Å². The summed E-state index contributed by atoms with van der Waals surface area (Å²) in [7, 11) is 0. The Labute approximate surface area is 196 Å². The average Bonchev–Trinajstić information content (AvgIpc) is 2.79. The van der Waals surface area contributed by atoms with E-state index in [1.165, 1.54) is 77.0 Å². The lowest BCUT2D eigenvalue weighted by atomic mass is 10.00. The standard InChI is InChI=1S/C25H51NO6/c1-3-4-5-6-7-8-9-10-11-12-13-14-15-16-17-30-19-21(18-26)32-25-24(29)23(28)22(27)20(2)31-25/h20-25,27-29H,3-19,26H2,1-2H3/t20-,21-,22-,23+,24+,25-/m0/s1. The number of hydrogen-bond acceptors (Lipinski definition) is 7. The third kappa shape index (κ3) is 12.8. The molecule has 32 heavy (non-hydrogen) atoms. The summed E-state index contributed by atoms with van der Waals surface area (Å²) >= 11 is 0. The first kappa shape index (κ1) is 29.8. The van der Waals surface area contributed by atoms with Crippen molar-refractivity contribution in [2.24, 2.45) is 5.73 Å². The minimum absolute atomic E-state index is 0.221. The number of rotatable bonds is 20. The molecular weight excluding hydrogens is 410 g/mol. The lowest BCUT2D eigenvalue weighted by Gasteiger charge is -2.40. The van der Waals surface area contributed by atoms with Gasteiger partial charge in [-0.15, -0.1) is 0 Å². The number of unbranched alkanes of at least 4 members (excludes halogenated alkanes) is 13. The summed E-state index contributed by atoms with van der Waals surface area (Å²) in [5.74, 6) is 0. The first-order valence-electron chi connectivity index (χ1n) is 13.1. The maximum absolute atomic E-state index is 10.0. The molecule has 0 aromatic carbocycles. The largest absolute Gasteiger partial charge is 0.388 e. The van der Waals surface area contributed by atoms with E-state index in [0.29, 0.717) is 13.2 Å². The van der Waals surface area contributed by atoms with Gasteiger partial charge in [0.15, 0.2) is 6.29 Å². The maximum Gasteiger partial charge on any atom is 0.187 e. The summed E-state index contributed by atoms with van der Waals surface area (Å²) in [4.78, 5) is 0. The third-order valence-corrected chi connectivity index (χ3v) is 6.34. The molecule has 0 bridgehead atoms. The molecule has 192 valence electrons. The van der Waals surface area contributed by atoms with Crippen LogP contribution in [0.2, 0.25) is 0 Å². The fourth-order valence-corrected chi connectivity index (χ4v) is 4.09. The summed E-state index contributed by atoms with van der Waals surface area (Å²) in [6, 6.07) is 0. The van der Waals surface area contributed by atoms with Crippen LogP contribution < -0.4 is 5.73 Å². The van der Waals surface area contributed by atoms with Crippen molar-refractivity contribution in [2.75, 3.05) is 19.8 Å². The van der Waals surface area contributed by atoms with Crippen LogP contribution in [0.25, 0.3) is 0 Å². The van der Waals surface area contributed by atoms with Crippen LogP contribution in [-0.4, -0.2) is 71.9 Å². The van der Waals surface area contributed by atoms with Crippen molar-refractivity contribution >= 4 is 0 Å². The van der Waals surface area contributed by atoms with E-state index in [1.807, 2.05) is 0 Å². The molecule has 1 aliphatic heterocycles. The highest BCUT2D eigenvalue weighted by atomic mass is 16.7.